The number of nitrogens with zero attached hydrogens (tertiary/aromatic N) is 4. The van der Waals surface area contributed by atoms with Gasteiger partial charge in [-0.1, -0.05) is 11.2 Å². The second kappa shape index (κ2) is 7.52. The molecule has 0 saturated heterocycles. The summed E-state index contributed by atoms with van der Waals surface area (Å²) in [5.41, 5.74) is 1.19. The van der Waals surface area contributed by atoms with Crippen molar-refractivity contribution in [1.82, 2.24) is 25.2 Å². The van der Waals surface area contributed by atoms with Gasteiger partial charge in [0.1, 0.15) is 0 Å². The van der Waals surface area contributed by atoms with E-state index in [1.807, 2.05) is 28.4 Å². The molecule has 7 heteroatoms. The summed E-state index contributed by atoms with van der Waals surface area (Å²) in [5.74, 6) is 1.39. The van der Waals surface area contributed by atoms with Gasteiger partial charge in [-0.15, -0.1) is 11.3 Å². The summed E-state index contributed by atoms with van der Waals surface area (Å²) in [5, 5.41) is 13.8. The summed E-state index contributed by atoms with van der Waals surface area (Å²) >= 11 is 1.62. The smallest absolute Gasteiger partial charge is 0.227 e. The molecular formula is C16H21N5OS. The van der Waals surface area contributed by atoms with Crippen molar-refractivity contribution < 1.29 is 4.52 Å². The van der Waals surface area contributed by atoms with Crippen LogP contribution in [0.15, 0.2) is 34.4 Å². The molecule has 0 aliphatic heterocycles. The van der Waals surface area contributed by atoms with Gasteiger partial charge in [0.25, 0.3) is 0 Å². The predicted molar refractivity (Wildman–Crippen MR) is 90.4 cm³/mol. The van der Waals surface area contributed by atoms with Crippen molar-refractivity contribution in [3.63, 3.8) is 0 Å². The lowest BCUT2D eigenvalue weighted by atomic mass is 10.2. The van der Waals surface area contributed by atoms with Crippen molar-refractivity contribution in [2.45, 2.75) is 39.3 Å². The highest BCUT2D eigenvalue weighted by molar-refractivity contribution is 7.13. The van der Waals surface area contributed by atoms with Crippen molar-refractivity contribution in [1.29, 1.82) is 0 Å². The predicted octanol–water partition coefficient (Wildman–Crippen LogP) is 2.91. The summed E-state index contributed by atoms with van der Waals surface area (Å²) in [6.45, 7) is 6.00. The van der Waals surface area contributed by atoms with Crippen LogP contribution in [0.3, 0.4) is 0 Å². The SMILES string of the molecule is Cc1cnn(C[C@H](C)NCCCc2nc(-c3cccs3)no2)c1. The van der Waals surface area contributed by atoms with E-state index >= 15 is 0 Å². The Morgan fingerprint density at radius 1 is 1.43 bits per heavy atom. The molecule has 0 aromatic carbocycles. The van der Waals surface area contributed by atoms with Crippen molar-refractivity contribution >= 4 is 11.3 Å². The van der Waals surface area contributed by atoms with Gasteiger partial charge in [0.15, 0.2) is 0 Å². The average molecular weight is 331 g/mol. The average Bonchev–Trinajstić information content (AvgIpc) is 3.25. The number of thiophene rings is 1. The van der Waals surface area contributed by atoms with Crippen LogP contribution >= 0.6 is 11.3 Å². The zero-order chi connectivity index (χ0) is 16.1. The zero-order valence-corrected chi connectivity index (χ0v) is 14.2. The summed E-state index contributed by atoms with van der Waals surface area (Å²) in [4.78, 5) is 5.47. The highest BCUT2D eigenvalue weighted by Gasteiger charge is 2.09. The maximum absolute atomic E-state index is 5.30. The number of aromatic nitrogens is 4. The number of nitrogens with one attached hydrogen (secondary N) is 1. The van der Waals surface area contributed by atoms with Crippen LogP contribution in [0.25, 0.3) is 10.7 Å². The van der Waals surface area contributed by atoms with E-state index in [0.29, 0.717) is 17.8 Å². The minimum absolute atomic E-state index is 0.374. The molecule has 1 N–H and O–H groups in total. The molecular weight excluding hydrogens is 310 g/mol. The molecule has 6 nitrogen and oxygen atoms in total. The third-order valence-electron chi connectivity index (χ3n) is 3.49. The molecule has 0 unspecified atom stereocenters. The summed E-state index contributed by atoms with van der Waals surface area (Å²) in [7, 11) is 0. The lowest BCUT2D eigenvalue weighted by Gasteiger charge is -2.13. The topological polar surface area (TPSA) is 68.8 Å². The monoisotopic (exact) mass is 331 g/mol. The normalized spacial score (nSPS) is 12.6. The molecule has 3 aromatic rings. The molecule has 0 amide bonds. The van der Waals surface area contributed by atoms with Crippen molar-refractivity contribution in [2.24, 2.45) is 0 Å². The molecule has 3 aromatic heterocycles. The van der Waals surface area contributed by atoms with Gasteiger partial charge in [-0.2, -0.15) is 10.1 Å². The Labute approximate surface area is 139 Å². The Kier molecular flexibility index (Phi) is 5.19. The third-order valence-corrected chi connectivity index (χ3v) is 4.36. The first-order valence-corrected chi connectivity index (χ1v) is 8.67. The number of hydrogen-bond donors (Lipinski definition) is 1. The van der Waals surface area contributed by atoms with Gasteiger partial charge in [-0.05, 0) is 43.8 Å². The van der Waals surface area contributed by atoms with E-state index in [9.17, 15) is 0 Å². The molecule has 0 bridgehead atoms. The van der Waals surface area contributed by atoms with Crippen LogP contribution in [-0.2, 0) is 13.0 Å². The van der Waals surface area contributed by atoms with Gasteiger partial charge < -0.3 is 9.84 Å². The molecule has 3 heterocycles. The molecule has 0 aliphatic rings. The summed E-state index contributed by atoms with van der Waals surface area (Å²) < 4.78 is 7.27. The summed E-state index contributed by atoms with van der Waals surface area (Å²) in [6, 6.07) is 4.36. The van der Waals surface area contributed by atoms with Crippen LogP contribution in [0.1, 0.15) is 24.8 Å². The van der Waals surface area contributed by atoms with Gasteiger partial charge in [-0.25, -0.2) is 0 Å². The number of hydrogen-bond acceptors (Lipinski definition) is 6. The molecule has 0 aliphatic carbocycles. The zero-order valence-electron chi connectivity index (χ0n) is 13.4. The van der Waals surface area contributed by atoms with E-state index in [2.05, 4.69) is 40.6 Å². The molecule has 0 radical (unpaired) electrons. The molecule has 0 fully saturated rings. The Balaban J connectivity index is 1.38. The summed E-state index contributed by atoms with van der Waals surface area (Å²) in [6.07, 6.45) is 5.70. The maximum Gasteiger partial charge on any atom is 0.227 e. The molecule has 23 heavy (non-hydrogen) atoms. The second-order valence-electron chi connectivity index (χ2n) is 5.69. The van der Waals surface area contributed by atoms with Gasteiger partial charge in [0.05, 0.1) is 17.6 Å². The lowest BCUT2D eigenvalue weighted by Crippen LogP contribution is -2.31. The molecule has 3 rings (SSSR count). The fourth-order valence-electron chi connectivity index (χ4n) is 2.36. The highest BCUT2D eigenvalue weighted by atomic mass is 32.1. The van der Waals surface area contributed by atoms with Crippen LogP contribution in [0.4, 0.5) is 0 Å². The van der Waals surface area contributed by atoms with E-state index in [1.54, 1.807) is 11.3 Å². The van der Waals surface area contributed by atoms with Crippen molar-refractivity contribution in [2.75, 3.05) is 6.54 Å². The minimum Gasteiger partial charge on any atom is -0.339 e. The number of rotatable bonds is 8. The Hall–Kier alpha value is -1.99. The molecule has 1 atom stereocenters. The Morgan fingerprint density at radius 3 is 3.09 bits per heavy atom. The molecule has 122 valence electrons. The van der Waals surface area contributed by atoms with Crippen molar-refractivity contribution in [3.8, 4) is 10.7 Å². The third kappa shape index (κ3) is 4.49. The first kappa shape index (κ1) is 15.9. The minimum atomic E-state index is 0.374. The molecule has 0 saturated carbocycles. The van der Waals surface area contributed by atoms with E-state index in [4.69, 9.17) is 4.52 Å². The maximum atomic E-state index is 5.30. The Bertz CT molecular complexity index is 719. The van der Waals surface area contributed by atoms with Crippen LogP contribution in [0, 0.1) is 6.92 Å². The second-order valence-corrected chi connectivity index (χ2v) is 6.64. The van der Waals surface area contributed by atoms with Gasteiger partial charge in [0, 0.05) is 18.7 Å². The fraction of sp³-hybridized carbons (Fsp3) is 0.438. The number of aryl methyl sites for hydroxylation is 2. The van der Waals surface area contributed by atoms with Crippen LogP contribution < -0.4 is 5.32 Å². The van der Waals surface area contributed by atoms with E-state index < -0.39 is 0 Å². The van der Waals surface area contributed by atoms with E-state index in [0.717, 1.165) is 30.8 Å². The first-order chi connectivity index (χ1) is 11.2. The Morgan fingerprint density at radius 2 is 2.35 bits per heavy atom. The van der Waals surface area contributed by atoms with E-state index in [1.165, 1.54) is 5.56 Å². The lowest BCUT2D eigenvalue weighted by molar-refractivity contribution is 0.371. The van der Waals surface area contributed by atoms with E-state index in [-0.39, 0.29) is 0 Å². The standard InChI is InChI=1S/C16H21N5OS/c1-12-9-18-21(10-12)11-13(2)17-7-3-6-15-19-16(20-22-15)14-5-4-8-23-14/h4-5,8-10,13,17H,3,6-7,11H2,1-2H3/t13-/m0/s1. The van der Waals surface area contributed by atoms with Crippen LogP contribution in [-0.4, -0.2) is 32.5 Å². The van der Waals surface area contributed by atoms with Crippen molar-refractivity contribution in [3.05, 3.63) is 41.4 Å². The van der Waals surface area contributed by atoms with Gasteiger partial charge in [0.2, 0.25) is 11.7 Å². The molecule has 0 spiro atoms. The van der Waals surface area contributed by atoms with Gasteiger partial charge in [-0.3, -0.25) is 4.68 Å². The fourth-order valence-corrected chi connectivity index (χ4v) is 3.01. The quantitative estimate of drug-likeness (QED) is 0.643. The van der Waals surface area contributed by atoms with Crippen LogP contribution in [0.2, 0.25) is 0 Å². The van der Waals surface area contributed by atoms with Gasteiger partial charge >= 0.3 is 0 Å². The first-order valence-electron chi connectivity index (χ1n) is 7.79. The largest absolute Gasteiger partial charge is 0.339 e. The van der Waals surface area contributed by atoms with Crippen LogP contribution in [0.5, 0.6) is 0 Å². The highest BCUT2D eigenvalue weighted by Crippen LogP contribution is 2.21.